The van der Waals surface area contributed by atoms with Gasteiger partial charge in [0.2, 0.25) is 0 Å². The predicted octanol–water partition coefficient (Wildman–Crippen LogP) is 3.40. The second-order valence-corrected chi connectivity index (χ2v) is 7.45. The highest BCUT2D eigenvalue weighted by atomic mass is 32.2. The van der Waals surface area contributed by atoms with E-state index in [4.69, 9.17) is 0 Å². The molecule has 0 spiro atoms. The maximum atomic E-state index is 11.9. The molecule has 5 nitrogen and oxygen atoms in total. The van der Waals surface area contributed by atoms with Crippen LogP contribution in [-0.2, 0) is 9.84 Å². The fourth-order valence-electron chi connectivity index (χ4n) is 2.55. The van der Waals surface area contributed by atoms with Crippen molar-refractivity contribution in [1.82, 2.24) is 4.98 Å². The number of hydrogen-bond acceptors (Lipinski definition) is 5. The highest BCUT2D eigenvalue weighted by Crippen LogP contribution is 2.30. The highest BCUT2D eigenvalue weighted by molar-refractivity contribution is 7.91. The van der Waals surface area contributed by atoms with Crippen LogP contribution in [0.3, 0.4) is 0 Å². The Labute approximate surface area is 134 Å². The van der Waals surface area contributed by atoms with Gasteiger partial charge in [-0.1, -0.05) is 12.1 Å². The van der Waals surface area contributed by atoms with Gasteiger partial charge in [0, 0.05) is 35.3 Å². The number of fused-ring (bicyclic) bond motifs is 1. The Hall–Kier alpha value is -2.60. The van der Waals surface area contributed by atoms with Gasteiger partial charge in [-0.3, -0.25) is 4.98 Å². The van der Waals surface area contributed by atoms with E-state index in [1.165, 1.54) is 6.26 Å². The van der Waals surface area contributed by atoms with Crippen LogP contribution in [0.2, 0.25) is 0 Å². The van der Waals surface area contributed by atoms with Gasteiger partial charge in [-0.05, 0) is 36.8 Å². The molecule has 0 aliphatic heterocycles. The largest absolute Gasteiger partial charge is 0.508 e. The standard InChI is InChI=1S/C17H16N2O3S/c1-11-8-12(10-13(20)9-11)19-15-6-7-18-17-14(15)4-3-5-16(17)23(2,21)22/h3-10,20H,1-2H3,(H,18,19). The molecule has 6 heteroatoms. The molecule has 3 rings (SSSR count). The summed E-state index contributed by atoms with van der Waals surface area (Å²) < 4.78 is 23.8. The van der Waals surface area contributed by atoms with Crippen LogP contribution in [0.15, 0.2) is 53.6 Å². The highest BCUT2D eigenvalue weighted by Gasteiger charge is 2.14. The van der Waals surface area contributed by atoms with Gasteiger partial charge in [-0.2, -0.15) is 0 Å². The van der Waals surface area contributed by atoms with Crippen molar-refractivity contribution in [2.45, 2.75) is 11.8 Å². The zero-order chi connectivity index (χ0) is 16.6. The number of aryl methyl sites for hydroxylation is 1. The van der Waals surface area contributed by atoms with Crippen molar-refractivity contribution < 1.29 is 13.5 Å². The first-order valence-electron chi connectivity index (χ1n) is 7.00. The number of hydrogen-bond donors (Lipinski definition) is 2. The summed E-state index contributed by atoms with van der Waals surface area (Å²) in [5, 5.41) is 13.6. The Morgan fingerprint density at radius 1 is 1.13 bits per heavy atom. The van der Waals surface area contributed by atoms with E-state index in [9.17, 15) is 13.5 Å². The lowest BCUT2D eigenvalue weighted by Gasteiger charge is -2.12. The summed E-state index contributed by atoms with van der Waals surface area (Å²) in [6.07, 6.45) is 2.73. The summed E-state index contributed by atoms with van der Waals surface area (Å²) >= 11 is 0. The minimum atomic E-state index is -3.36. The SMILES string of the molecule is Cc1cc(O)cc(Nc2ccnc3c(S(C)(=O)=O)cccc23)c1. The number of phenolic OH excluding ortho intramolecular Hbond substituents is 1. The number of rotatable bonds is 3. The molecule has 118 valence electrons. The van der Waals surface area contributed by atoms with Crippen LogP contribution < -0.4 is 5.32 Å². The lowest BCUT2D eigenvalue weighted by Crippen LogP contribution is -2.00. The monoisotopic (exact) mass is 328 g/mol. The molecule has 0 atom stereocenters. The number of nitrogens with zero attached hydrogens (tertiary/aromatic N) is 1. The molecule has 1 heterocycles. The van der Waals surface area contributed by atoms with Gasteiger partial charge < -0.3 is 10.4 Å². The molecule has 0 bridgehead atoms. The zero-order valence-corrected chi connectivity index (χ0v) is 13.6. The number of pyridine rings is 1. The molecule has 0 saturated heterocycles. The van der Waals surface area contributed by atoms with Gasteiger partial charge >= 0.3 is 0 Å². The number of aromatic nitrogens is 1. The summed E-state index contributed by atoms with van der Waals surface area (Å²) in [6, 6.07) is 12.0. The molecule has 0 radical (unpaired) electrons. The predicted molar refractivity (Wildman–Crippen MR) is 91.0 cm³/mol. The summed E-state index contributed by atoms with van der Waals surface area (Å²) in [5.41, 5.74) is 2.80. The van der Waals surface area contributed by atoms with Gasteiger partial charge in [-0.15, -0.1) is 0 Å². The first kappa shape index (κ1) is 15.3. The van der Waals surface area contributed by atoms with Crippen LogP contribution in [-0.4, -0.2) is 24.8 Å². The van der Waals surface area contributed by atoms with Crippen LogP contribution >= 0.6 is 0 Å². The zero-order valence-electron chi connectivity index (χ0n) is 12.7. The Kier molecular flexibility index (Phi) is 3.69. The molecule has 0 aliphatic carbocycles. The summed E-state index contributed by atoms with van der Waals surface area (Å²) in [6.45, 7) is 1.89. The molecule has 0 unspecified atom stereocenters. The van der Waals surface area contributed by atoms with Crippen molar-refractivity contribution in [1.29, 1.82) is 0 Å². The Morgan fingerprint density at radius 2 is 1.91 bits per heavy atom. The molecule has 2 N–H and O–H groups in total. The number of benzene rings is 2. The number of phenols is 1. The molecule has 0 aliphatic rings. The third-order valence-electron chi connectivity index (χ3n) is 3.47. The summed E-state index contributed by atoms with van der Waals surface area (Å²) in [5.74, 6) is 0.169. The van der Waals surface area contributed by atoms with Crippen molar-refractivity contribution >= 4 is 32.1 Å². The number of sulfone groups is 1. The molecule has 23 heavy (non-hydrogen) atoms. The summed E-state index contributed by atoms with van der Waals surface area (Å²) in [4.78, 5) is 4.42. The maximum Gasteiger partial charge on any atom is 0.177 e. The molecular weight excluding hydrogens is 312 g/mol. The molecule has 0 amide bonds. The van der Waals surface area contributed by atoms with E-state index in [1.54, 1.807) is 36.5 Å². The smallest absolute Gasteiger partial charge is 0.177 e. The van der Waals surface area contributed by atoms with E-state index >= 15 is 0 Å². The van der Waals surface area contributed by atoms with Crippen molar-refractivity contribution in [3.05, 3.63) is 54.2 Å². The fraction of sp³-hybridized carbons (Fsp3) is 0.118. The van der Waals surface area contributed by atoms with Crippen LogP contribution in [0.4, 0.5) is 11.4 Å². The lowest BCUT2D eigenvalue weighted by atomic mass is 10.1. The van der Waals surface area contributed by atoms with Crippen LogP contribution in [0.25, 0.3) is 10.9 Å². The van der Waals surface area contributed by atoms with Crippen molar-refractivity contribution in [2.24, 2.45) is 0 Å². The van der Waals surface area contributed by atoms with E-state index < -0.39 is 9.84 Å². The van der Waals surface area contributed by atoms with E-state index in [1.807, 2.05) is 19.1 Å². The maximum absolute atomic E-state index is 11.9. The first-order valence-corrected chi connectivity index (χ1v) is 8.89. The van der Waals surface area contributed by atoms with E-state index in [-0.39, 0.29) is 10.6 Å². The van der Waals surface area contributed by atoms with Gasteiger partial charge in [0.15, 0.2) is 9.84 Å². The summed E-state index contributed by atoms with van der Waals surface area (Å²) in [7, 11) is -3.36. The third kappa shape index (κ3) is 3.12. The van der Waals surface area contributed by atoms with E-state index in [0.29, 0.717) is 10.9 Å². The van der Waals surface area contributed by atoms with Crippen molar-refractivity contribution in [3.8, 4) is 5.75 Å². The number of aromatic hydroxyl groups is 1. The molecule has 3 aromatic rings. The number of nitrogens with one attached hydrogen (secondary N) is 1. The van der Waals surface area contributed by atoms with Gasteiger partial charge in [0.25, 0.3) is 0 Å². The van der Waals surface area contributed by atoms with E-state index in [2.05, 4.69) is 10.3 Å². The van der Waals surface area contributed by atoms with Gasteiger partial charge in [0.05, 0.1) is 10.4 Å². The molecule has 0 fully saturated rings. The minimum absolute atomic E-state index is 0.169. The average molecular weight is 328 g/mol. The van der Waals surface area contributed by atoms with Crippen LogP contribution in [0, 0.1) is 6.92 Å². The van der Waals surface area contributed by atoms with Crippen molar-refractivity contribution in [3.63, 3.8) is 0 Å². The molecule has 1 aromatic heterocycles. The normalized spacial score (nSPS) is 11.6. The molecular formula is C17H16N2O3S. The third-order valence-corrected chi connectivity index (χ3v) is 4.60. The Bertz CT molecular complexity index is 978. The average Bonchev–Trinajstić information content (AvgIpc) is 2.45. The van der Waals surface area contributed by atoms with E-state index in [0.717, 1.165) is 16.9 Å². The van der Waals surface area contributed by atoms with Crippen LogP contribution in [0.5, 0.6) is 5.75 Å². The molecule has 2 aromatic carbocycles. The van der Waals surface area contributed by atoms with Crippen LogP contribution in [0.1, 0.15) is 5.56 Å². The topological polar surface area (TPSA) is 79.3 Å². The second-order valence-electron chi connectivity index (χ2n) is 5.47. The lowest BCUT2D eigenvalue weighted by molar-refractivity contribution is 0.475. The number of para-hydroxylation sites is 1. The first-order chi connectivity index (χ1) is 10.8. The number of anilines is 2. The van der Waals surface area contributed by atoms with Crippen molar-refractivity contribution in [2.75, 3.05) is 11.6 Å². The minimum Gasteiger partial charge on any atom is -0.508 e. The Balaban J connectivity index is 2.16. The Morgan fingerprint density at radius 3 is 2.61 bits per heavy atom. The second kappa shape index (κ2) is 5.55. The molecule has 0 saturated carbocycles. The fourth-order valence-corrected chi connectivity index (χ4v) is 3.39. The quantitative estimate of drug-likeness (QED) is 0.770. The van der Waals surface area contributed by atoms with Gasteiger partial charge in [-0.25, -0.2) is 8.42 Å². The van der Waals surface area contributed by atoms with Gasteiger partial charge in [0.1, 0.15) is 5.75 Å².